The van der Waals surface area contributed by atoms with Crippen LogP contribution in [0.4, 0.5) is 17.1 Å². The molecule has 1 aliphatic rings. The highest BCUT2D eigenvalue weighted by molar-refractivity contribution is 5.79. The molecule has 3 rings (SSSR count). The van der Waals surface area contributed by atoms with Gasteiger partial charge in [0.2, 0.25) is 0 Å². The van der Waals surface area contributed by atoms with Crippen molar-refractivity contribution >= 4 is 23.3 Å². The molecule has 1 aliphatic heterocycles. The molecule has 2 aromatic carbocycles. The van der Waals surface area contributed by atoms with Crippen molar-refractivity contribution in [3.8, 4) is 5.75 Å². The van der Waals surface area contributed by atoms with Gasteiger partial charge >= 0.3 is 0 Å². The van der Waals surface area contributed by atoms with Gasteiger partial charge in [0.05, 0.1) is 10.6 Å². The van der Waals surface area contributed by atoms with Crippen molar-refractivity contribution in [3.63, 3.8) is 0 Å². The number of hydrogen-bond donors (Lipinski definition) is 1. The van der Waals surface area contributed by atoms with Gasteiger partial charge in [-0.3, -0.25) is 14.9 Å². The Bertz CT molecular complexity index is 770. The zero-order valence-corrected chi connectivity index (χ0v) is 13.0. The van der Waals surface area contributed by atoms with Crippen LogP contribution in [-0.2, 0) is 0 Å². The highest BCUT2D eigenvalue weighted by Crippen LogP contribution is 2.32. The summed E-state index contributed by atoms with van der Waals surface area (Å²) in [5.41, 5.74) is 1.51. The van der Waals surface area contributed by atoms with Crippen LogP contribution in [-0.4, -0.2) is 42.5 Å². The lowest BCUT2D eigenvalue weighted by Gasteiger charge is -2.37. The van der Waals surface area contributed by atoms with Crippen LogP contribution >= 0.6 is 0 Å². The lowest BCUT2D eigenvalue weighted by atomic mass is 10.1. The number of benzene rings is 2. The molecule has 0 bridgehead atoms. The van der Waals surface area contributed by atoms with Gasteiger partial charge in [-0.05, 0) is 24.3 Å². The second kappa shape index (κ2) is 6.57. The molecule has 0 atom stereocenters. The summed E-state index contributed by atoms with van der Waals surface area (Å²) >= 11 is 0. The number of nitro benzene ring substituents is 1. The van der Waals surface area contributed by atoms with Crippen LogP contribution in [0.15, 0.2) is 42.5 Å². The lowest BCUT2D eigenvalue weighted by molar-refractivity contribution is -0.384. The van der Waals surface area contributed by atoms with E-state index in [-0.39, 0.29) is 11.4 Å². The van der Waals surface area contributed by atoms with E-state index >= 15 is 0 Å². The number of aldehydes is 1. The second-order valence-electron chi connectivity index (χ2n) is 5.59. The van der Waals surface area contributed by atoms with E-state index in [1.54, 1.807) is 24.3 Å². The maximum absolute atomic E-state index is 11.3. The summed E-state index contributed by atoms with van der Waals surface area (Å²) in [5.74, 6) is 0.229. The fraction of sp³-hybridized carbons (Fsp3) is 0.235. The predicted molar refractivity (Wildman–Crippen MR) is 91.0 cm³/mol. The van der Waals surface area contributed by atoms with Crippen molar-refractivity contribution in [1.82, 2.24) is 0 Å². The number of aromatic hydroxyl groups is 1. The first-order valence-corrected chi connectivity index (χ1v) is 7.61. The first kappa shape index (κ1) is 15.8. The molecule has 2 aromatic rings. The van der Waals surface area contributed by atoms with Crippen molar-refractivity contribution in [1.29, 1.82) is 0 Å². The highest BCUT2D eigenvalue weighted by Gasteiger charge is 2.25. The molecule has 124 valence electrons. The topological polar surface area (TPSA) is 86.9 Å². The number of nitrogens with zero attached hydrogens (tertiary/aromatic N) is 3. The number of nitro groups is 1. The van der Waals surface area contributed by atoms with Crippen molar-refractivity contribution in [2.45, 2.75) is 0 Å². The monoisotopic (exact) mass is 327 g/mol. The molecule has 0 saturated carbocycles. The molecule has 0 aliphatic carbocycles. The number of phenols is 1. The molecule has 0 amide bonds. The molecular weight excluding hydrogens is 310 g/mol. The van der Waals surface area contributed by atoms with Gasteiger partial charge in [-0.1, -0.05) is 12.1 Å². The van der Waals surface area contributed by atoms with Crippen LogP contribution < -0.4 is 9.80 Å². The minimum Gasteiger partial charge on any atom is -0.506 e. The van der Waals surface area contributed by atoms with Gasteiger partial charge in [0, 0.05) is 37.8 Å². The van der Waals surface area contributed by atoms with E-state index in [9.17, 15) is 20.0 Å². The average Bonchev–Trinajstić information content (AvgIpc) is 2.62. The van der Waals surface area contributed by atoms with Crippen molar-refractivity contribution in [3.05, 3.63) is 58.1 Å². The molecule has 7 nitrogen and oxygen atoms in total. The largest absolute Gasteiger partial charge is 0.506 e. The Hall–Kier alpha value is -3.09. The van der Waals surface area contributed by atoms with Gasteiger partial charge in [-0.25, -0.2) is 0 Å². The van der Waals surface area contributed by atoms with Gasteiger partial charge in [0.15, 0.2) is 0 Å². The van der Waals surface area contributed by atoms with Crippen LogP contribution in [0.1, 0.15) is 10.4 Å². The zero-order valence-electron chi connectivity index (χ0n) is 13.0. The minimum absolute atomic E-state index is 0.0596. The summed E-state index contributed by atoms with van der Waals surface area (Å²) in [6.45, 7) is 2.47. The van der Waals surface area contributed by atoms with Crippen molar-refractivity contribution in [2.24, 2.45) is 0 Å². The Morgan fingerprint density at radius 1 is 1.00 bits per heavy atom. The van der Waals surface area contributed by atoms with E-state index in [0.717, 1.165) is 5.69 Å². The fourth-order valence-electron chi connectivity index (χ4n) is 2.95. The molecule has 0 aromatic heterocycles. The first-order valence-electron chi connectivity index (χ1n) is 7.61. The molecule has 0 spiro atoms. The Morgan fingerprint density at radius 2 is 1.62 bits per heavy atom. The number of phenolic OH excluding ortho intramolecular Hbond substituents is 1. The number of para-hydroxylation sites is 2. The Morgan fingerprint density at radius 3 is 2.21 bits per heavy atom. The Balaban J connectivity index is 1.79. The SMILES string of the molecule is O=Cc1ccc(N2CCN(c3ccccc3O)CC2)c([N+](=O)[O-])c1. The lowest BCUT2D eigenvalue weighted by Crippen LogP contribution is -2.46. The van der Waals surface area contributed by atoms with Gasteiger partial charge in [0.25, 0.3) is 5.69 Å². The number of hydrogen-bond acceptors (Lipinski definition) is 6. The second-order valence-corrected chi connectivity index (χ2v) is 5.59. The van der Waals surface area contributed by atoms with Crippen molar-refractivity contribution < 1.29 is 14.8 Å². The molecule has 0 unspecified atom stereocenters. The number of anilines is 2. The van der Waals surface area contributed by atoms with Crippen LogP contribution in [0.2, 0.25) is 0 Å². The molecule has 24 heavy (non-hydrogen) atoms. The average molecular weight is 327 g/mol. The summed E-state index contributed by atoms with van der Waals surface area (Å²) in [6, 6.07) is 11.6. The van der Waals surface area contributed by atoms with Gasteiger partial charge in [-0.15, -0.1) is 0 Å². The first-order chi connectivity index (χ1) is 11.6. The normalized spacial score (nSPS) is 14.5. The van der Waals surface area contributed by atoms with Gasteiger partial charge in [0.1, 0.15) is 17.7 Å². The number of carbonyl (C=O) groups excluding carboxylic acids is 1. The van der Waals surface area contributed by atoms with E-state index in [1.165, 1.54) is 6.07 Å². The Kier molecular flexibility index (Phi) is 4.33. The molecule has 1 saturated heterocycles. The molecule has 1 fully saturated rings. The maximum atomic E-state index is 11.3. The third kappa shape index (κ3) is 3.01. The number of carbonyl (C=O) groups is 1. The van der Waals surface area contributed by atoms with Crippen LogP contribution in [0.3, 0.4) is 0 Å². The quantitative estimate of drug-likeness (QED) is 0.527. The van der Waals surface area contributed by atoms with E-state index in [4.69, 9.17) is 0 Å². The van der Waals surface area contributed by atoms with E-state index < -0.39 is 4.92 Å². The van der Waals surface area contributed by atoms with E-state index in [1.807, 2.05) is 17.0 Å². The summed E-state index contributed by atoms with van der Waals surface area (Å²) < 4.78 is 0. The Labute approximate surface area is 138 Å². The summed E-state index contributed by atoms with van der Waals surface area (Å²) in [6.07, 6.45) is 0.604. The molecule has 0 radical (unpaired) electrons. The molecule has 7 heteroatoms. The third-order valence-corrected chi connectivity index (χ3v) is 4.18. The molecular formula is C17H17N3O4. The van der Waals surface area contributed by atoms with Crippen LogP contribution in [0.25, 0.3) is 0 Å². The fourth-order valence-corrected chi connectivity index (χ4v) is 2.95. The summed E-state index contributed by atoms with van der Waals surface area (Å²) in [4.78, 5) is 25.6. The smallest absolute Gasteiger partial charge is 0.293 e. The van der Waals surface area contributed by atoms with Gasteiger partial charge in [-0.2, -0.15) is 0 Å². The van der Waals surface area contributed by atoms with Crippen molar-refractivity contribution in [2.75, 3.05) is 36.0 Å². The standard InChI is InChI=1S/C17H17N3O4/c21-12-13-5-6-14(16(11-13)20(23)24)18-7-9-19(10-8-18)15-3-1-2-4-17(15)22/h1-6,11-12,22H,7-10H2. The van der Waals surface area contributed by atoms with E-state index in [2.05, 4.69) is 4.90 Å². The zero-order chi connectivity index (χ0) is 17.1. The molecule has 1 N–H and O–H groups in total. The molecule has 1 heterocycles. The predicted octanol–water partition coefficient (Wildman–Crippen LogP) is 2.44. The number of rotatable bonds is 4. The summed E-state index contributed by atoms with van der Waals surface area (Å²) in [5, 5.41) is 21.2. The maximum Gasteiger partial charge on any atom is 0.293 e. The third-order valence-electron chi connectivity index (χ3n) is 4.18. The van der Waals surface area contributed by atoms with Crippen LogP contribution in [0, 0.1) is 10.1 Å². The van der Waals surface area contributed by atoms with Gasteiger partial charge < -0.3 is 14.9 Å². The van der Waals surface area contributed by atoms with E-state index in [0.29, 0.717) is 43.7 Å². The van der Waals surface area contributed by atoms with Crippen LogP contribution in [0.5, 0.6) is 5.75 Å². The number of piperazine rings is 1. The highest BCUT2D eigenvalue weighted by atomic mass is 16.6. The summed E-state index contributed by atoms with van der Waals surface area (Å²) in [7, 11) is 0. The minimum atomic E-state index is -0.461.